The van der Waals surface area contributed by atoms with Gasteiger partial charge in [0, 0.05) is 38.3 Å². The van der Waals surface area contributed by atoms with E-state index in [4.69, 9.17) is 9.47 Å². The molecule has 0 aliphatic carbocycles. The molecule has 2 fully saturated rings. The number of carbonyl (C=O) groups is 1. The van der Waals surface area contributed by atoms with Gasteiger partial charge in [-0.1, -0.05) is 30.3 Å². The van der Waals surface area contributed by atoms with Crippen molar-refractivity contribution < 1.29 is 24.5 Å². The molecule has 1 amide bonds. The number of aliphatic hydroxyl groups is 2. The Balaban J connectivity index is 1.40. The molecule has 8 nitrogen and oxygen atoms in total. The van der Waals surface area contributed by atoms with Crippen molar-refractivity contribution in [1.29, 1.82) is 0 Å². The number of nitrogens with zero attached hydrogens (tertiary/aromatic N) is 2. The number of hydrogen-bond acceptors (Lipinski definition) is 7. The first kappa shape index (κ1) is 22.5. The van der Waals surface area contributed by atoms with Crippen molar-refractivity contribution in [2.75, 3.05) is 51.3 Å². The van der Waals surface area contributed by atoms with Crippen molar-refractivity contribution in [3.63, 3.8) is 0 Å². The van der Waals surface area contributed by atoms with E-state index in [1.165, 1.54) is 0 Å². The Hall–Kier alpha value is -2.65. The van der Waals surface area contributed by atoms with Gasteiger partial charge in [0.15, 0.2) is 0 Å². The first-order chi connectivity index (χ1) is 15.6. The molecule has 4 rings (SSSR count). The lowest BCUT2D eigenvalue weighted by Gasteiger charge is -2.41. The van der Waals surface area contributed by atoms with Crippen LogP contribution in [0.2, 0.25) is 0 Å². The molecule has 0 spiro atoms. The zero-order chi connectivity index (χ0) is 22.5. The number of amides is 1. The lowest BCUT2D eigenvalue weighted by molar-refractivity contribution is -0.0209. The molecule has 2 aromatic carbocycles. The molecule has 0 unspecified atom stereocenters. The standard InChI is InChI=1S/C24H31N3O5/c1-31-19-10-6-5-9-18(19)26-11-13-27(14-12-26)22-20(32-21(16-28)23(22)29)15-25-24(30)17-7-3-2-4-8-17/h2-10,20-23,28-29H,11-16H2,1H3,(H,25,30)/t20-,21+,22-,23-/m1/s1. The molecule has 2 aliphatic rings. The fraction of sp³-hybridized carbons (Fsp3) is 0.458. The molecule has 32 heavy (non-hydrogen) atoms. The van der Waals surface area contributed by atoms with Crippen molar-refractivity contribution in [2.24, 2.45) is 0 Å². The molecule has 172 valence electrons. The van der Waals surface area contributed by atoms with Crippen LogP contribution < -0.4 is 15.0 Å². The Bertz CT molecular complexity index is 888. The van der Waals surface area contributed by atoms with Crippen LogP contribution in [0.5, 0.6) is 5.75 Å². The van der Waals surface area contributed by atoms with Gasteiger partial charge in [-0.3, -0.25) is 9.69 Å². The molecule has 2 heterocycles. The Morgan fingerprint density at radius 2 is 1.75 bits per heavy atom. The summed E-state index contributed by atoms with van der Waals surface area (Å²) >= 11 is 0. The highest BCUT2D eigenvalue weighted by atomic mass is 16.5. The van der Waals surface area contributed by atoms with Crippen LogP contribution in [0.3, 0.4) is 0 Å². The largest absolute Gasteiger partial charge is 0.495 e. The van der Waals surface area contributed by atoms with Gasteiger partial charge in [-0.25, -0.2) is 0 Å². The van der Waals surface area contributed by atoms with Gasteiger partial charge >= 0.3 is 0 Å². The van der Waals surface area contributed by atoms with E-state index in [0.717, 1.165) is 37.6 Å². The molecular weight excluding hydrogens is 410 g/mol. The van der Waals surface area contributed by atoms with Crippen molar-refractivity contribution in [2.45, 2.75) is 24.4 Å². The molecule has 3 N–H and O–H groups in total. The number of ether oxygens (including phenoxy) is 2. The minimum absolute atomic E-state index is 0.184. The fourth-order valence-corrected chi connectivity index (χ4v) is 4.63. The van der Waals surface area contributed by atoms with E-state index in [9.17, 15) is 15.0 Å². The molecule has 2 aromatic rings. The van der Waals surface area contributed by atoms with Crippen molar-refractivity contribution in [3.8, 4) is 5.75 Å². The summed E-state index contributed by atoms with van der Waals surface area (Å²) in [5, 5.41) is 23.4. The predicted octanol–water partition coefficient (Wildman–Crippen LogP) is 0.736. The minimum Gasteiger partial charge on any atom is -0.495 e. The summed E-state index contributed by atoms with van der Waals surface area (Å²) in [6.07, 6.45) is -1.89. The number of benzene rings is 2. The number of hydrogen-bond donors (Lipinski definition) is 3. The van der Waals surface area contributed by atoms with E-state index in [-0.39, 0.29) is 25.1 Å². The summed E-state index contributed by atoms with van der Waals surface area (Å²) in [5.74, 6) is 0.655. The van der Waals surface area contributed by atoms with Crippen molar-refractivity contribution >= 4 is 11.6 Å². The number of nitrogens with one attached hydrogen (secondary N) is 1. The van der Waals surface area contributed by atoms with Gasteiger partial charge in [0.05, 0.1) is 31.5 Å². The van der Waals surface area contributed by atoms with E-state index in [0.29, 0.717) is 5.56 Å². The third kappa shape index (κ3) is 4.73. The zero-order valence-corrected chi connectivity index (χ0v) is 18.3. The second-order valence-corrected chi connectivity index (χ2v) is 8.15. The van der Waals surface area contributed by atoms with Gasteiger partial charge in [0.2, 0.25) is 0 Å². The second-order valence-electron chi connectivity index (χ2n) is 8.15. The molecule has 0 radical (unpaired) electrons. The maximum absolute atomic E-state index is 12.5. The monoisotopic (exact) mass is 441 g/mol. The van der Waals surface area contributed by atoms with Crippen molar-refractivity contribution in [3.05, 3.63) is 60.2 Å². The first-order valence-corrected chi connectivity index (χ1v) is 11.0. The number of para-hydroxylation sites is 2. The van der Waals surface area contributed by atoms with E-state index in [1.807, 2.05) is 42.5 Å². The Labute approximate surface area is 188 Å². The van der Waals surface area contributed by atoms with Crippen LogP contribution in [0.15, 0.2) is 54.6 Å². The third-order valence-electron chi connectivity index (χ3n) is 6.30. The van der Waals surface area contributed by atoms with Gasteiger partial charge in [0.1, 0.15) is 18.0 Å². The van der Waals surface area contributed by atoms with Gasteiger partial charge in [-0.15, -0.1) is 0 Å². The summed E-state index contributed by atoms with van der Waals surface area (Å²) < 4.78 is 11.4. The van der Waals surface area contributed by atoms with E-state index in [1.54, 1.807) is 19.2 Å². The first-order valence-electron chi connectivity index (χ1n) is 11.0. The summed E-state index contributed by atoms with van der Waals surface area (Å²) in [6, 6.07) is 16.6. The van der Waals surface area contributed by atoms with Crippen LogP contribution in [-0.4, -0.2) is 91.8 Å². The van der Waals surface area contributed by atoms with Crippen LogP contribution in [-0.2, 0) is 4.74 Å². The maximum atomic E-state index is 12.5. The number of carbonyl (C=O) groups excluding carboxylic acids is 1. The number of aliphatic hydroxyl groups excluding tert-OH is 2. The topological polar surface area (TPSA) is 94.5 Å². The van der Waals surface area contributed by atoms with Gasteiger partial charge in [0.25, 0.3) is 5.91 Å². The molecule has 2 aliphatic heterocycles. The second kappa shape index (κ2) is 10.3. The van der Waals surface area contributed by atoms with Crippen LogP contribution in [0.25, 0.3) is 0 Å². The van der Waals surface area contributed by atoms with Crippen molar-refractivity contribution in [1.82, 2.24) is 10.2 Å². The molecule has 0 saturated carbocycles. The lowest BCUT2D eigenvalue weighted by atomic mass is 10.0. The Morgan fingerprint density at radius 1 is 1.06 bits per heavy atom. The molecule has 0 bridgehead atoms. The quantitative estimate of drug-likeness (QED) is 0.583. The number of anilines is 1. The third-order valence-corrected chi connectivity index (χ3v) is 6.30. The van der Waals surface area contributed by atoms with Gasteiger partial charge < -0.3 is 29.9 Å². The molecule has 0 aromatic heterocycles. The summed E-state index contributed by atoms with van der Waals surface area (Å²) in [7, 11) is 1.67. The molecule has 4 atom stereocenters. The average molecular weight is 442 g/mol. The van der Waals surface area contributed by atoms with Crippen LogP contribution >= 0.6 is 0 Å². The normalized spacial score (nSPS) is 26.2. The molecule has 8 heteroatoms. The average Bonchev–Trinajstić information content (AvgIpc) is 3.18. The summed E-state index contributed by atoms with van der Waals surface area (Å²) in [5.41, 5.74) is 1.63. The lowest BCUT2D eigenvalue weighted by Crippen LogP contribution is -2.57. The Morgan fingerprint density at radius 3 is 2.44 bits per heavy atom. The van der Waals surface area contributed by atoms with Crippen LogP contribution in [0, 0.1) is 0 Å². The zero-order valence-electron chi connectivity index (χ0n) is 18.3. The summed E-state index contributed by atoms with van der Waals surface area (Å²) in [6.45, 7) is 3.00. The van der Waals surface area contributed by atoms with E-state index in [2.05, 4.69) is 15.1 Å². The SMILES string of the molecule is COc1ccccc1N1CCN([C@H]2[C@H](O)[C@H](CO)O[C@@H]2CNC(=O)c2ccccc2)CC1. The fourth-order valence-electron chi connectivity index (χ4n) is 4.63. The van der Waals surface area contributed by atoms with Crippen LogP contribution in [0.4, 0.5) is 5.69 Å². The highest BCUT2D eigenvalue weighted by molar-refractivity contribution is 5.94. The summed E-state index contributed by atoms with van der Waals surface area (Å²) in [4.78, 5) is 16.9. The van der Waals surface area contributed by atoms with Crippen LogP contribution in [0.1, 0.15) is 10.4 Å². The number of piperazine rings is 1. The van der Waals surface area contributed by atoms with E-state index >= 15 is 0 Å². The predicted molar refractivity (Wildman–Crippen MR) is 121 cm³/mol. The smallest absolute Gasteiger partial charge is 0.251 e. The number of methoxy groups -OCH3 is 1. The maximum Gasteiger partial charge on any atom is 0.251 e. The van der Waals surface area contributed by atoms with E-state index < -0.39 is 18.3 Å². The highest BCUT2D eigenvalue weighted by Gasteiger charge is 2.46. The van der Waals surface area contributed by atoms with Gasteiger partial charge in [-0.2, -0.15) is 0 Å². The minimum atomic E-state index is -0.823. The molecular formula is C24H31N3O5. The molecule has 2 saturated heterocycles. The number of rotatable bonds is 7. The van der Waals surface area contributed by atoms with Gasteiger partial charge in [-0.05, 0) is 24.3 Å². The highest BCUT2D eigenvalue weighted by Crippen LogP contribution is 2.31. The Kier molecular flexibility index (Phi) is 7.26.